The third-order valence-electron chi connectivity index (χ3n) is 5.80. The van der Waals surface area contributed by atoms with Gasteiger partial charge in [0.15, 0.2) is 5.96 Å². The van der Waals surface area contributed by atoms with E-state index in [1.807, 2.05) is 13.1 Å². The lowest BCUT2D eigenvalue weighted by molar-refractivity contribution is -0.123. The van der Waals surface area contributed by atoms with Crippen LogP contribution >= 0.6 is 24.0 Å². The van der Waals surface area contributed by atoms with E-state index in [-0.39, 0.29) is 35.8 Å². The number of likely N-dealkylation sites (tertiary alicyclic amines) is 1. The summed E-state index contributed by atoms with van der Waals surface area (Å²) in [7, 11) is 1.85. The molecule has 2 fully saturated rings. The Morgan fingerprint density at radius 1 is 1.13 bits per heavy atom. The first-order chi connectivity index (χ1) is 14.2. The molecule has 3 N–H and O–H groups in total. The average Bonchev–Trinajstić information content (AvgIpc) is 2.77. The molecule has 0 bridgehead atoms. The summed E-state index contributed by atoms with van der Waals surface area (Å²) >= 11 is 0. The molecule has 0 aliphatic carbocycles. The highest BCUT2D eigenvalue weighted by molar-refractivity contribution is 14.0. The van der Waals surface area contributed by atoms with Gasteiger partial charge in [-0.25, -0.2) is 9.97 Å². The third-order valence-corrected chi connectivity index (χ3v) is 5.80. The maximum Gasteiger partial charge on any atom is 0.225 e. The maximum absolute atomic E-state index is 11.2. The topological polar surface area (TPSA) is 103 Å². The van der Waals surface area contributed by atoms with Gasteiger partial charge in [0, 0.05) is 58.1 Å². The fraction of sp³-hybridized carbons (Fsp3) is 0.700. The molecule has 2 aliphatic rings. The summed E-state index contributed by atoms with van der Waals surface area (Å²) in [6, 6.07) is 1.84. The van der Waals surface area contributed by atoms with E-state index in [0.717, 1.165) is 89.9 Å². The first kappa shape index (κ1) is 24.6. The molecule has 2 aliphatic heterocycles. The largest absolute Gasteiger partial charge is 0.369 e. The number of hydrogen-bond acceptors (Lipinski definition) is 6. The first-order valence-electron chi connectivity index (χ1n) is 10.7. The lowest BCUT2D eigenvalue weighted by Crippen LogP contribution is -2.53. The van der Waals surface area contributed by atoms with Crippen molar-refractivity contribution in [2.24, 2.45) is 16.6 Å². The molecular weight excluding hydrogens is 495 g/mol. The standard InChI is InChI=1S/C20H34N8O.HI/c1-22-19(27-13-15-28(16-14-27)20-24-8-4-9-25-20)23-7-2-3-10-26-11-5-17(6-12-26)18(21)29;/h4,8-9,17H,2-3,5-7,10-16H2,1H3,(H2,21,29)(H,22,23);1H. The zero-order valence-electron chi connectivity index (χ0n) is 17.9. The van der Waals surface area contributed by atoms with E-state index in [2.05, 4.69) is 35.0 Å². The van der Waals surface area contributed by atoms with Gasteiger partial charge in [-0.1, -0.05) is 0 Å². The Morgan fingerprint density at radius 2 is 1.80 bits per heavy atom. The van der Waals surface area contributed by atoms with Crippen LogP contribution in [0.2, 0.25) is 0 Å². The van der Waals surface area contributed by atoms with Gasteiger partial charge in [-0.05, 0) is 51.4 Å². The van der Waals surface area contributed by atoms with Crippen LogP contribution in [0.5, 0.6) is 0 Å². The Balaban J connectivity index is 0.00000320. The highest BCUT2D eigenvalue weighted by atomic mass is 127. The Morgan fingerprint density at radius 3 is 2.40 bits per heavy atom. The highest BCUT2D eigenvalue weighted by Gasteiger charge is 2.23. The molecule has 0 spiro atoms. The number of nitrogens with one attached hydrogen (secondary N) is 1. The molecule has 0 unspecified atom stereocenters. The number of piperidine rings is 1. The summed E-state index contributed by atoms with van der Waals surface area (Å²) in [5.74, 6) is 1.71. The molecule has 0 saturated carbocycles. The lowest BCUT2D eigenvalue weighted by Gasteiger charge is -2.36. The average molecular weight is 530 g/mol. The van der Waals surface area contributed by atoms with E-state index in [4.69, 9.17) is 5.73 Å². The van der Waals surface area contributed by atoms with Crippen molar-refractivity contribution >= 4 is 41.8 Å². The molecule has 3 rings (SSSR count). The number of nitrogens with two attached hydrogens (primary N) is 1. The normalized spacial score (nSPS) is 18.8. The van der Waals surface area contributed by atoms with Crippen molar-refractivity contribution in [2.45, 2.75) is 25.7 Å². The number of aliphatic imine (C=N–C) groups is 1. The minimum atomic E-state index is -0.141. The molecule has 0 radical (unpaired) electrons. The number of amides is 1. The van der Waals surface area contributed by atoms with Crippen molar-refractivity contribution in [3.63, 3.8) is 0 Å². The van der Waals surface area contributed by atoms with Crippen molar-refractivity contribution in [3.8, 4) is 0 Å². The van der Waals surface area contributed by atoms with Crippen LogP contribution in [0.4, 0.5) is 5.95 Å². The van der Waals surface area contributed by atoms with Crippen LogP contribution in [0.1, 0.15) is 25.7 Å². The summed E-state index contributed by atoms with van der Waals surface area (Å²) in [5, 5.41) is 3.50. The number of nitrogens with zero attached hydrogens (tertiary/aromatic N) is 6. The molecular formula is C20H35IN8O. The molecule has 0 aromatic carbocycles. The summed E-state index contributed by atoms with van der Waals surface area (Å²) in [5.41, 5.74) is 5.40. The van der Waals surface area contributed by atoms with Crippen molar-refractivity contribution in [3.05, 3.63) is 18.5 Å². The second-order valence-corrected chi connectivity index (χ2v) is 7.72. The van der Waals surface area contributed by atoms with Gasteiger partial charge in [-0.2, -0.15) is 0 Å². The number of unbranched alkanes of at least 4 members (excludes halogenated alkanes) is 1. The summed E-state index contributed by atoms with van der Waals surface area (Å²) in [6.07, 6.45) is 7.63. The van der Waals surface area contributed by atoms with Gasteiger partial charge in [-0.15, -0.1) is 24.0 Å². The van der Waals surface area contributed by atoms with Crippen molar-refractivity contribution in [2.75, 3.05) is 64.3 Å². The number of aromatic nitrogens is 2. The molecule has 2 saturated heterocycles. The quantitative estimate of drug-likeness (QED) is 0.232. The van der Waals surface area contributed by atoms with Crippen LogP contribution < -0.4 is 16.0 Å². The van der Waals surface area contributed by atoms with E-state index in [0.29, 0.717) is 0 Å². The van der Waals surface area contributed by atoms with Crippen LogP contribution in [0.3, 0.4) is 0 Å². The van der Waals surface area contributed by atoms with E-state index in [1.54, 1.807) is 12.4 Å². The third kappa shape index (κ3) is 7.22. The zero-order chi connectivity index (χ0) is 20.5. The Kier molecular flexibility index (Phi) is 10.6. The Bertz CT molecular complexity index is 658. The van der Waals surface area contributed by atoms with E-state index in [1.165, 1.54) is 0 Å². The number of piperazine rings is 1. The van der Waals surface area contributed by atoms with Crippen LogP contribution in [-0.4, -0.2) is 91.0 Å². The fourth-order valence-corrected chi connectivity index (χ4v) is 4.01. The van der Waals surface area contributed by atoms with Crippen molar-refractivity contribution in [1.82, 2.24) is 25.1 Å². The summed E-state index contributed by atoms with van der Waals surface area (Å²) in [4.78, 5) is 31.3. The van der Waals surface area contributed by atoms with Gasteiger partial charge < -0.3 is 25.8 Å². The van der Waals surface area contributed by atoms with Crippen LogP contribution in [0.25, 0.3) is 0 Å². The first-order valence-corrected chi connectivity index (χ1v) is 10.7. The second kappa shape index (κ2) is 12.9. The predicted octanol–water partition coefficient (Wildman–Crippen LogP) is 0.770. The second-order valence-electron chi connectivity index (χ2n) is 7.72. The SMILES string of the molecule is CN=C(NCCCCN1CCC(C(N)=O)CC1)N1CCN(c2ncccn2)CC1.I. The number of primary amides is 1. The number of halogens is 1. The zero-order valence-corrected chi connectivity index (χ0v) is 20.2. The van der Waals surface area contributed by atoms with E-state index in [9.17, 15) is 4.79 Å². The number of carbonyl (C=O) groups excluding carboxylic acids is 1. The van der Waals surface area contributed by atoms with Crippen LogP contribution in [0, 0.1) is 5.92 Å². The van der Waals surface area contributed by atoms with Gasteiger partial charge in [-0.3, -0.25) is 9.79 Å². The Hall–Kier alpha value is -1.69. The minimum Gasteiger partial charge on any atom is -0.369 e. The van der Waals surface area contributed by atoms with Gasteiger partial charge in [0.1, 0.15) is 0 Å². The monoisotopic (exact) mass is 530 g/mol. The van der Waals surface area contributed by atoms with Gasteiger partial charge in [0.2, 0.25) is 11.9 Å². The molecule has 3 heterocycles. The van der Waals surface area contributed by atoms with Crippen molar-refractivity contribution in [1.29, 1.82) is 0 Å². The maximum atomic E-state index is 11.2. The summed E-state index contributed by atoms with van der Waals surface area (Å²) in [6.45, 7) is 7.58. The number of hydrogen-bond donors (Lipinski definition) is 2. The van der Waals surface area contributed by atoms with E-state index >= 15 is 0 Å². The number of rotatable bonds is 7. The molecule has 1 amide bonds. The van der Waals surface area contributed by atoms with Gasteiger partial charge in [0.05, 0.1) is 0 Å². The molecule has 1 aromatic rings. The predicted molar refractivity (Wildman–Crippen MR) is 130 cm³/mol. The number of carbonyl (C=O) groups is 1. The number of guanidine groups is 1. The smallest absolute Gasteiger partial charge is 0.225 e. The molecule has 168 valence electrons. The van der Waals surface area contributed by atoms with Crippen LogP contribution in [0.15, 0.2) is 23.5 Å². The molecule has 1 aromatic heterocycles. The minimum absolute atomic E-state index is 0. The van der Waals surface area contributed by atoms with Crippen LogP contribution in [-0.2, 0) is 4.79 Å². The van der Waals surface area contributed by atoms with E-state index < -0.39 is 0 Å². The summed E-state index contributed by atoms with van der Waals surface area (Å²) < 4.78 is 0. The molecule has 10 heteroatoms. The number of anilines is 1. The molecule has 30 heavy (non-hydrogen) atoms. The Labute approximate surface area is 196 Å². The molecule has 0 atom stereocenters. The highest BCUT2D eigenvalue weighted by Crippen LogP contribution is 2.16. The van der Waals surface area contributed by atoms with Gasteiger partial charge >= 0.3 is 0 Å². The van der Waals surface area contributed by atoms with Crippen molar-refractivity contribution < 1.29 is 4.79 Å². The fourth-order valence-electron chi connectivity index (χ4n) is 4.01. The lowest BCUT2D eigenvalue weighted by atomic mass is 9.96. The molecule has 9 nitrogen and oxygen atoms in total. The van der Waals surface area contributed by atoms with Gasteiger partial charge in [0.25, 0.3) is 0 Å².